The molecular weight excluding hydrogens is 311 g/mol. The molecule has 6 nitrogen and oxygen atoms in total. The van der Waals surface area contributed by atoms with Gasteiger partial charge in [-0.2, -0.15) is 22.6 Å². The summed E-state index contributed by atoms with van der Waals surface area (Å²) < 4.78 is 64.3. The van der Waals surface area contributed by atoms with Crippen molar-refractivity contribution in [1.82, 2.24) is 14.1 Å². The number of hydrogen-bond acceptors (Lipinski definition) is 4. The normalized spacial score (nSPS) is 17.8. The lowest BCUT2D eigenvalue weighted by atomic mass is 10.1. The molecule has 0 bridgehead atoms. The molecule has 0 aromatic carbocycles. The van der Waals surface area contributed by atoms with Gasteiger partial charge in [0.05, 0.1) is 19.3 Å². The summed E-state index contributed by atoms with van der Waals surface area (Å²) in [6, 6.07) is 0. The maximum absolute atomic E-state index is 12.5. The quantitative estimate of drug-likeness (QED) is 0.829. The second-order valence-corrected chi connectivity index (χ2v) is 6.44. The summed E-state index contributed by atoms with van der Waals surface area (Å²) >= 11 is 0. The standard InChI is InChI=1S/C11H14F3N3O3S/c12-11(13,14)9-1-3-17(4-2-9)21(19,20)10-7-15-16(8-10)5-6-18/h1,7-8,18H,2-6H2. The molecule has 0 saturated heterocycles. The van der Waals surface area contributed by atoms with Gasteiger partial charge in [0.25, 0.3) is 0 Å². The van der Waals surface area contributed by atoms with E-state index in [1.54, 1.807) is 0 Å². The molecule has 1 aliphatic heterocycles. The molecule has 0 aliphatic carbocycles. The molecule has 0 atom stereocenters. The first kappa shape index (κ1) is 16.0. The first-order valence-corrected chi connectivity index (χ1v) is 7.59. The van der Waals surface area contributed by atoms with Gasteiger partial charge in [-0.1, -0.05) is 6.08 Å². The Kier molecular flexibility index (Phi) is 4.40. The van der Waals surface area contributed by atoms with Gasteiger partial charge in [-0.3, -0.25) is 4.68 Å². The molecule has 0 radical (unpaired) electrons. The van der Waals surface area contributed by atoms with Crippen molar-refractivity contribution in [2.45, 2.75) is 24.0 Å². The molecule has 2 rings (SSSR count). The third-order valence-electron chi connectivity index (χ3n) is 3.11. The molecule has 1 N–H and O–H groups in total. The summed E-state index contributed by atoms with van der Waals surface area (Å²) in [5.74, 6) is 0. The summed E-state index contributed by atoms with van der Waals surface area (Å²) in [6.45, 7) is -0.586. The van der Waals surface area contributed by atoms with Gasteiger partial charge in [0.1, 0.15) is 4.90 Å². The van der Waals surface area contributed by atoms with Crippen LogP contribution in [0.1, 0.15) is 6.42 Å². The summed E-state index contributed by atoms with van der Waals surface area (Å²) in [7, 11) is -3.87. The summed E-state index contributed by atoms with van der Waals surface area (Å²) in [6.07, 6.45) is -1.53. The van der Waals surface area contributed by atoms with E-state index in [1.165, 1.54) is 10.9 Å². The van der Waals surface area contributed by atoms with Gasteiger partial charge in [-0.25, -0.2) is 8.42 Å². The number of nitrogens with zero attached hydrogens (tertiary/aromatic N) is 3. The van der Waals surface area contributed by atoms with Crippen molar-refractivity contribution in [3.63, 3.8) is 0 Å². The molecule has 0 saturated carbocycles. The summed E-state index contributed by atoms with van der Waals surface area (Å²) in [5.41, 5.74) is -0.704. The molecule has 0 fully saturated rings. The van der Waals surface area contributed by atoms with Crippen LogP contribution in [0.5, 0.6) is 0 Å². The van der Waals surface area contributed by atoms with Gasteiger partial charge in [0.15, 0.2) is 0 Å². The number of aromatic nitrogens is 2. The van der Waals surface area contributed by atoms with Gasteiger partial charge < -0.3 is 5.11 Å². The van der Waals surface area contributed by atoms with E-state index in [9.17, 15) is 21.6 Å². The lowest BCUT2D eigenvalue weighted by molar-refractivity contribution is -0.0953. The zero-order chi connectivity index (χ0) is 15.7. The lowest BCUT2D eigenvalue weighted by Crippen LogP contribution is -2.36. The smallest absolute Gasteiger partial charge is 0.394 e. The van der Waals surface area contributed by atoms with Crippen LogP contribution in [-0.2, 0) is 16.6 Å². The average molecular weight is 325 g/mol. The zero-order valence-corrected chi connectivity index (χ0v) is 11.7. The lowest BCUT2D eigenvalue weighted by Gasteiger charge is -2.26. The number of alkyl halides is 3. The largest absolute Gasteiger partial charge is 0.412 e. The SMILES string of the molecule is O=S(=O)(c1cnn(CCO)c1)N1CC=C(C(F)(F)F)CC1. The van der Waals surface area contributed by atoms with Crippen LogP contribution in [0, 0.1) is 0 Å². The number of hydrogen-bond donors (Lipinski definition) is 1. The number of halogens is 3. The third kappa shape index (κ3) is 3.44. The first-order chi connectivity index (χ1) is 9.75. The van der Waals surface area contributed by atoms with Gasteiger partial charge >= 0.3 is 6.18 Å². The predicted octanol–water partition coefficient (Wildman–Crippen LogP) is 0.758. The van der Waals surface area contributed by atoms with Crippen LogP contribution in [-0.4, -0.2) is 53.5 Å². The molecular formula is C11H14F3N3O3S. The van der Waals surface area contributed by atoms with E-state index in [-0.39, 0.29) is 37.6 Å². The topological polar surface area (TPSA) is 75.4 Å². The van der Waals surface area contributed by atoms with Crippen LogP contribution in [0.3, 0.4) is 0 Å². The number of aliphatic hydroxyl groups is 1. The second kappa shape index (κ2) is 5.78. The Morgan fingerprint density at radius 3 is 2.62 bits per heavy atom. The number of rotatable bonds is 4. The minimum atomic E-state index is -4.41. The molecule has 1 aromatic rings. The molecule has 10 heteroatoms. The average Bonchev–Trinajstić information content (AvgIpc) is 2.88. The maximum Gasteiger partial charge on any atom is 0.412 e. The van der Waals surface area contributed by atoms with E-state index < -0.39 is 21.8 Å². The van der Waals surface area contributed by atoms with E-state index in [1.807, 2.05) is 0 Å². The first-order valence-electron chi connectivity index (χ1n) is 6.15. The van der Waals surface area contributed by atoms with E-state index in [0.717, 1.165) is 16.6 Å². The minimum absolute atomic E-state index is 0.0974. The molecule has 2 heterocycles. The van der Waals surface area contributed by atoms with Crippen molar-refractivity contribution in [2.24, 2.45) is 0 Å². The fraction of sp³-hybridized carbons (Fsp3) is 0.545. The highest BCUT2D eigenvalue weighted by molar-refractivity contribution is 7.89. The van der Waals surface area contributed by atoms with Crippen LogP contribution in [0.15, 0.2) is 28.9 Å². The Hall–Kier alpha value is -1.39. The van der Waals surface area contributed by atoms with Crippen LogP contribution in [0.25, 0.3) is 0 Å². The van der Waals surface area contributed by atoms with Crippen molar-refractivity contribution in [3.05, 3.63) is 24.0 Å². The Morgan fingerprint density at radius 1 is 1.38 bits per heavy atom. The minimum Gasteiger partial charge on any atom is -0.394 e. The number of aliphatic hydroxyl groups excluding tert-OH is 1. The highest BCUT2D eigenvalue weighted by Gasteiger charge is 2.37. The van der Waals surface area contributed by atoms with Crippen molar-refractivity contribution in [3.8, 4) is 0 Å². The fourth-order valence-electron chi connectivity index (χ4n) is 1.98. The fourth-order valence-corrected chi connectivity index (χ4v) is 3.31. The van der Waals surface area contributed by atoms with E-state index >= 15 is 0 Å². The Bertz CT molecular complexity index is 637. The van der Waals surface area contributed by atoms with Gasteiger partial charge in [-0.15, -0.1) is 0 Å². The van der Waals surface area contributed by atoms with Crippen molar-refractivity contribution in [1.29, 1.82) is 0 Å². The van der Waals surface area contributed by atoms with Crippen molar-refractivity contribution < 1.29 is 26.7 Å². The second-order valence-electron chi connectivity index (χ2n) is 4.50. The van der Waals surface area contributed by atoms with E-state index in [0.29, 0.717) is 0 Å². The number of sulfonamides is 1. The zero-order valence-electron chi connectivity index (χ0n) is 10.9. The monoisotopic (exact) mass is 325 g/mol. The van der Waals surface area contributed by atoms with Crippen LogP contribution in [0.2, 0.25) is 0 Å². The van der Waals surface area contributed by atoms with Crippen LogP contribution >= 0.6 is 0 Å². The predicted molar refractivity (Wildman–Crippen MR) is 66.8 cm³/mol. The van der Waals surface area contributed by atoms with Gasteiger partial charge in [0.2, 0.25) is 10.0 Å². The summed E-state index contributed by atoms with van der Waals surface area (Å²) in [5, 5.41) is 12.5. The summed E-state index contributed by atoms with van der Waals surface area (Å²) in [4.78, 5) is -0.0974. The molecule has 1 aliphatic rings. The van der Waals surface area contributed by atoms with Crippen LogP contribution < -0.4 is 0 Å². The van der Waals surface area contributed by atoms with Crippen LogP contribution in [0.4, 0.5) is 13.2 Å². The van der Waals surface area contributed by atoms with E-state index in [4.69, 9.17) is 5.11 Å². The van der Waals surface area contributed by atoms with Crippen molar-refractivity contribution in [2.75, 3.05) is 19.7 Å². The highest BCUT2D eigenvalue weighted by atomic mass is 32.2. The third-order valence-corrected chi connectivity index (χ3v) is 4.93. The molecule has 21 heavy (non-hydrogen) atoms. The van der Waals surface area contributed by atoms with Crippen molar-refractivity contribution >= 4 is 10.0 Å². The molecule has 118 valence electrons. The molecule has 0 unspecified atom stereocenters. The van der Waals surface area contributed by atoms with Gasteiger partial charge in [-0.05, 0) is 6.42 Å². The Balaban J connectivity index is 2.16. The molecule has 1 aromatic heterocycles. The molecule has 0 spiro atoms. The Morgan fingerprint density at radius 2 is 2.10 bits per heavy atom. The maximum atomic E-state index is 12.5. The highest BCUT2D eigenvalue weighted by Crippen LogP contribution is 2.31. The molecule has 0 amide bonds. The van der Waals surface area contributed by atoms with E-state index in [2.05, 4.69) is 5.10 Å². The Labute approximate surface area is 119 Å². The van der Waals surface area contributed by atoms with Gasteiger partial charge in [0, 0.05) is 24.9 Å².